The van der Waals surface area contributed by atoms with Crippen molar-refractivity contribution in [1.82, 2.24) is 14.2 Å². The van der Waals surface area contributed by atoms with Gasteiger partial charge >= 0.3 is 0 Å². The Morgan fingerprint density at radius 2 is 1.95 bits per heavy atom. The van der Waals surface area contributed by atoms with E-state index in [1.165, 1.54) is 14.4 Å². The zero-order valence-electron chi connectivity index (χ0n) is 9.65. The van der Waals surface area contributed by atoms with E-state index in [1.54, 1.807) is 12.3 Å². The van der Waals surface area contributed by atoms with Crippen molar-refractivity contribution < 1.29 is 0 Å². The molecule has 0 spiro atoms. The molecular weight excluding hydrogens is 282 g/mol. The monoisotopic (exact) mass is 289 g/mol. The van der Waals surface area contributed by atoms with Gasteiger partial charge < -0.3 is 0 Å². The fourth-order valence-corrected chi connectivity index (χ4v) is 2.33. The van der Waals surface area contributed by atoms with E-state index >= 15 is 0 Å². The second kappa shape index (κ2) is 4.60. The maximum atomic E-state index is 12.5. The normalized spacial score (nSPS) is 10.8. The zero-order chi connectivity index (χ0) is 13.4. The highest BCUT2D eigenvalue weighted by Crippen LogP contribution is 2.15. The van der Waals surface area contributed by atoms with Crippen molar-refractivity contribution in [2.45, 2.75) is 0 Å². The smallest absolute Gasteiger partial charge is 0.266 e. The lowest BCUT2D eigenvalue weighted by molar-refractivity contribution is 0.818. The van der Waals surface area contributed by atoms with Crippen LogP contribution in [0.4, 0.5) is 0 Å². The first-order valence-corrected chi connectivity index (χ1v) is 6.38. The number of hydrogen-bond acceptors (Lipinski definition) is 3. The summed E-state index contributed by atoms with van der Waals surface area (Å²) in [5.41, 5.74) is 0.800. The largest absolute Gasteiger partial charge is 0.284 e. The highest BCUT2D eigenvalue weighted by Gasteiger charge is 2.13. The molecule has 0 fully saturated rings. The molecule has 0 aliphatic heterocycles. The van der Waals surface area contributed by atoms with Gasteiger partial charge in [-0.1, -0.05) is 42.0 Å². The molecule has 0 bridgehead atoms. The van der Waals surface area contributed by atoms with Crippen molar-refractivity contribution in [2.75, 3.05) is 0 Å². The van der Waals surface area contributed by atoms with Crippen molar-refractivity contribution in [1.29, 1.82) is 0 Å². The summed E-state index contributed by atoms with van der Waals surface area (Å²) in [5, 5.41) is 6.04. The predicted molar refractivity (Wildman–Crippen MR) is 78.6 cm³/mol. The molecule has 0 aliphatic rings. The fourth-order valence-electron chi connectivity index (χ4n) is 1.95. The summed E-state index contributed by atoms with van der Waals surface area (Å²) in [5.74, 6) is 0.394. The second-order valence-corrected chi connectivity index (χ2v) is 4.55. The molecule has 0 unspecified atom stereocenters. The highest BCUT2D eigenvalue weighted by molar-refractivity contribution is 7.79. The first-order valence-electron chi connectivity index (χ1n) is 5.53. The lowest BCUT2D eigenvalue weighted by Gasteiger charge is -2.09. The van der Waals surface area contributed by atoms with Crippen LogP contribution < -0.4 is 5.56 Å². The number of benzene rings is 1. The fraction of sp³-hybridized carbons (Fsp3) is 0. The first kappa shape index (κ1) is 12.1. The van der Waals surface area contributed by atoms with Gasteiger partial charge in [-0.25, -0.2) is 4.52 Å². The minimum Gasteiger partial charge on any atom is -0.266 e. The van der Waals surface area contributed by atoms with Crippen LogP contribution in [-0.2, 0) is 0 Å². The van der Waals surface area contributed by atoms with Crippen LogP contribution in [0.15, 0.2) is 47.4 Å². The SMILES string of the molecule is O=c1c2c(Cl)ccn2nc(C=S)n1-c1ccccc1. The van der Waals surface area contributed by atoms with Crippen LogP contribution in [0.3, 0.4) is 0 Å². The minimum atomic E-state index is -0.243. The molecule has 3 aromatic rings. The molecular formula is C13H8ClN3OS. The summed E-state index contributed by atoms with van der Waals surface area (Å²) in [6.45, 7) is 0. The average Bonchev–Trinajstić information content (AvgIpc) is 2.81. The van der Waals surface area contributed by atoms with E-state index in [-0.39, 0.29) is 5.56 Å². The lowest BCUT2D eigenvalue weighted by Crippen LogP contribution is -2.25. The molecule has 0 amide bonds. The van der Waals surface area contributed by atoms with Crippen molar-refractivity contribution >= 4 is 34.7 Å². The predicted octanol–water partition coefficient (Wildman–Crippen LogP) is 2.49. The molecule has 0 atom stereocenters. The van der Waals surface area contributed by atoms with E-state index in [0.717, 1.165) is 0 Å². The summed E-state index contributed by atoms with van der Waals surface area (Å²) in [6, 6.07) is 10.8. The van der Waals surface area contributed by atoms with Gasteiger partial charge in [0.1, 0.15) is 5.52 Å². The number of para-hydroxylation sites is 1. The minimum absolute atomic E-state index is 0.243. The summed E-state index contributed by atoms with van der Waals surface area (Å²) in [6.07, 6.45) is 1.64. The number of hydrogen-bond donors (Lipinski definition) is 0. The Balaban J connectivity index is 2.46. The summed E-state index contributed by atoms with van der Waals surface area (Å²) in [4.78, 5) is 12.5. The summed E-state index contributed by atoms with van der Waals surface area (Å²) in [7, 11) is 0. The Hall–Kier alpha value is -1.98. The highest BCUT2D eigenvalue weighted by atomic mass is 35.5. The first-order chi connectivity index (χ1) is 9.22. The number of thiocarbonyl (C=S) groups is 1. The zero-order valence-corrected chi connectivity index (χ0v) is 11.2. The van der Waals surface area contributed by atoms with E-state index in [2.05, 4.69) is 5.10 Å². The van der Waals surface area contributed by atoms with Crippen LogP contribution in [0.25, 0.3) is 11.2 Å². The van der Waals surface area contributed by atoms with E-state index in [0.29, 0.717) is 22.1 Å². The van der Waals surface area contributed by atoms with Gasteiger partial charge in [-0.05, 0) is 18.2 Å². The molecule has 19 heavy (non-hydrogen) atoms. The molecule has 1 aromatic carbocycles. The Morgan fingerprint density at radius 1 is 1.21 bits per heavy atom. The maximum absolute atomic E-state index is 12.5. The number of rotatable bonds is 2. The van der Waals surface area contributed by atoms with E-state index < -0.39 is 0 Å². The second-order valence-electron chi connectivity index (χ2n) is 3.91. The van der Waals surface area contributed by atoms with Gasteiger partial charge in [0.25, 0.3) is 5.56 Å². The van der Waals surface area contributed by atoms with Gasteiger partial charge in [-0.2, -0.15) is 0 Å². The molecule has 4 nitrogen and oxygen atoms in total. The Kier molecular flexibility index (Phi) is 2.93. The number of halogens is 1. The van der Waals surface area contributed by atoms with Crippen LogP contribution in [0.2, 0.25) is 5.02 Å². The van der Waals surface area contributed by atoms with Gasteiger partial charge in [0, 0.05) is 11.6 Å². The summed E-state index contributed by atoms with van der Waals surface area (Å²) < 4.78 is 2.90. The third-order valence-corrected chi connectivity index (χ3v) is 3.30. The molecule has 0 radical (unpaired) electrons. The number of fused-ring (bicyclic) bond motifs is 1. The molecule has 0 saturated carbocycles. The Labute approximate surface area is 118 Å². The third kappa shape index (κ3) is 1.87. The van der Waals surface area contributed by atoms with Gasteiger partial charge in [0.2, 0.25) is 0 Å². The van der Waals surface area contributed by atoms with E-state index in [1.807, 2.05) is 30.3 Å². The van der Waals surface area contributed by atoms with Gasteiger partial charge in [0.05, 0.1) is 10.7 Å². The van der Waals surface area contributed by atoms with E-state index in [4.69, 9.17) is 23.8 Å². The number of aromatic nitrogens is 3. The third-order valence-electron chi connectivity index (χ3n) is 2.78. The molecule has 3 rings (SSSR count). The van der Waals surface area contributed by atoms with Crippen molar-refractivity contribution in [2.24, 2.45) is 0 Å². The standard InChI is InChI=1S/C13H8ClN3OS/c14-10-6-7-16-12(10)13(18)17(11(8-19)15-16)9-4-2-1-3-5-9/h1-8H. The van der Waals surface area contributed by atoms with Crippen LogP contribution in [0.5, 0.6) is 0 Å². The quantitative estimate of drug-likeness (QED) is 0.681. The summed E-state index contributed by atoms with van der Waals surface area (Å²) >= 11 is 11.0. The lowest BCUT2D eigenvalue weighted by atomic mass is 10.3. The van der Waals surface area contributed by atoms with Gasteiger partial charge in [0.15, 0.2) is 5.82 Å². The van der Waals surface area contributed by atoms with Crippen molar-refractivity contribution in [3.05, 3.63) is 63.8 Å². The Morgan fingerprint density at radius 3 is 2.63 bits per heavy atom. The Bertz CT molecular complexity index is 823. The van der Waals surface area contributed by atoms with Crippen LogP contribution in [-0.4, -0.2) is 19.5 Å². The molecule has 2 heterocycles. The molecule has 0 saturated heterocycles. The van der Waals surface area contributed by atoms with Crippen molar-refractivity contribution in [3.8, 4) is 5.69 Å². The van der Waals surface area contributed by atoms with Crippen LogP contribution >= 0.6 is 23.8 Å². The van der Waals surface area contributed by atoms with Crippen molar-refractivity contribution in [3.63, 3.8) is 0 Å². The molecule has 0 aliphatic carbocycles. The maximum Gasteiger partial charge on any atom is 0.284 e. The van der Waals surface area contributed by atoms with Crippen LogP contribution in [0.1, 0.15) is 5.82 Å². The topological polar surface area (TPSA) is 39.3 Å². The molecule has 6 heteroatoms. The number of nitrogens with zero attached hydrogens (tertiary/aromatic N) is 3. The molecule has 94 valence electrons. The van der Waals surface area contributed by atoms with Gasteiger partial charge in [-0.15, -0.1) is 5.10 Å². The van der Waals surface area contributed by atoms with Crippen LogP contribution in [0, 0.1) is 0 Å². The van der Waals surface area contributed by atoms with E-state index in [9.17, 15) is 4.79 Å². The van der Waals surface area contributed by atoms with Gasteiger partial charge in [-0.3, -0.25) is 9.36 Å². The molecule has 0 N–H and O–H groups in total. The average molecular weight is 290 g/mol. The molecule has 2 aromatic heterocycles.